The van der Waals surface area contributed by atoms with Crippen LogP contribution in [0.1, 0.15) is 22.3 Å². The molecule has 0 saturated heterocycles. The first-order chi connectivity index (χ1) is 9.00. The summed E-state index contributed by atoms with van der Waals surface area (Å²) in [5, 5.41) is 3.01. The summed E-state index contributed by atoms with van der Waals surface area (Å²) in [6.07, 6.45) is 0. The largest absolute Gasteiger partial charge is 0.247 e. The van der Waals surface area contributed by atoms with Crippen molar-refractivity contribution in [1.29, 1.82) is 0 Å². The molecule has 3 rings (SSSR count). The second-order valence-corrected chi connectivity index (χ2v) is 5.65. The highest BCUT2D eigenvalue weighted by Gasteiger charge is 2.13. The van der Waals surface area contributed by atoms with E-state index >= 15 is 0 Å². The zero-order valence-corrected chi connectivity index (χ0v) is 12.4. The minimum atomic E-state index is 0.836. The van der Waals surface area contributed by atoms with Gasteiger partial charge in [0.05, 0.1) is 16.1 Å². The molecule has 2 heteroatoms. The van der Waals surface area contributed by atoms with Crippen LogP contribution in [-0.4, -0.2) is 4.98 Å². The second-order valence-electron chi connectivity index (χ2n) is 5.27. The van der Waals surface area contributed by atoms with Gasteiger partial charge in [0.1, 0.15) is 0 Å². The van der Waals surface area contributed by atoms with Crippen LogP contribution in [0.15, 0.2) is 24.3 Å². The number of hydrogen-bond acceptors (Lipinski definition) is 1. The van der Waals surface area contributed by atoms with Crippen LogP contribution in [0.25, 0.3) is 21.8 Å². The fraction of sp³-hybridized carbons (Fsp3) is 0.235. The van der Waals surface area contributed by atoms with Crippen molar-refractivity contribution in [2.45, 2.75) is 27.7 Å². The molecular formula is C17H16ClN. The highest BCUT2D eigenvalue weighted by Crippen LogP contribution is 2.36. The smallest absolute Gasteiger partial charge is 0.0756 e. The van der Waals surface area contributed by atoms with Gasteiger partial charge in [-0.3, -0.25) is 0 Å². The number of pyridine rings is 1. The number of nitrogens with zero attached hydrogens (tertiary/aromatic N) is 1. The van der Waals surface area contributed by atoms with Crippen molar-refractivity contribution in [3.63, 3.8) is 0 Å². The van der Waals surface area contributed by atoms with Crippen LogP contribution >= 0.6 is 11.6 Å². The fourth-order valence-electron chi connectivity index (χ4n) is 2.67. The number of hydrogen-bond donors (Lipinski definition) is 0. The van der Waals surface area contributed by atoms with Crippen molar-refractivity contribution < 1.29 is 0 Å². The van der Waals surface area contributed by atoms with Crippen molar-refractivity contribution in [3.05, 3.63) is 51.5 Å². The molecule has 0 aliphatic heterocycles. The Balaban J connectivity index is 2.68. The van der Waals surface area contributed by atoms with Crippen molar-refractivity contribution in [2.75, 3.05) is 0 Å². The standard InChI is InChI=1S/C17H16ClN/c1-9-5-7-11(3)16-13(9)15(18)14-10(2)6-8-12(4)17(14)19-16/h5-8H,1-4H3. The van der Waals surface area contributed by atoms with Gasteiger partial charge in [-0.05, 0) is 49.9 Å². The lowest BCUT2D eigenvalue weighted by Gasteiger charge is -2.13. The highest BCUT2D eigenvalue weighted by molar-refractivity contribution is 6.41. The lowest BCUT2D eigenvalue weighted by Crippen LogP contribution is -1.94. The Morgan fingerprint density at radius 1 is 0.684 bits per heavy atom. The Bertz CT molecular complexity index is 753. The summed E-state index contributed by atoms with van der Waals surface area (Å²) in [7, 11) is 0. The molecule has 3 aromatic rings. The van der Waals surface area contributed by atoms with E-state index in [1.807, 2.05) is 0 Å². The van der Waals surface area contributed by atoms with Gasteiger partial charge in [0.25, 0.3) is 0 Å². The van der Waals surface area contributed by atoms with E-state index in [1.54, 1.807) is 0 Å². The average Bonchev–Trinajstić information content (AvgIpc) is 2.38. The minimum absolute atomic E-state index is 0.836. The third-order valence-corrected chi connectivity index (χ3v) is 4.22. The molecule has 0 aliphatic carbocycles. The summed E-state index contributed by atoms with van der Waals surface area (Å²) in [6, 6.07) is 8.44. The molecular weight excluding hydrogens is 254 g/mol. The normalized spacial score (nSPS) is 11.4. The lowest BCUT2D eigenvalue weighted by molar-refractivity contribution is 1.35. The molecule has 96 valence electrons. The molecule has 2 aromatic carbocycles. The van der Waals surface area contributed by atoms with Crippen LogP contribution in [0.3, 0.4) is 0 Å². The maximum absolute atomic E-state index is 6.69. The average molecular weight is 270 g/mol. The van der Waals surface area contributed by atoms with Gasteiger partial charge in [0.2, 0.25) is 0 Å². The molecule has 0 saturated carbocycles. The quantitative estimate of drug-likeness (QED) is 0.506. The summed E-state index contributed by atoms with van der Waals surface area (Å²) in [4.78, 5) is 4.87. The van der Waals surface area contributed by atoms with Gasteiger partial charge >= 0.3 is 0 Å². The predicted molar refractivity (Wildman–Crippen MR) is 83.2 cm³/mol. The van der Waals surface area contributed by atoms with Crippen LogP contribution in [0.5, 0.6) is 0 Å². The van der Waals surface area contributed by atoms with Gasteiger partial charge in [-0.15, -0.1) is 0 Å². The first kappa shape index (κ1) is 12.4. The van der Waals surface area contributed by atoms with Gasteiger partial charge in [0.15, 0.2) is 0 Å². The number of aryl methyl sites for hydroxylation is 4. The number of halogens is 1. The second kappa shape index (κ2) is 4.21. The monoisotopic (exact) mass is 269 g/mol. The third kappa shape index (κ3) is 1.73. The SMILES string of the molecule is Cc1ccc(C)c2c(Cl)c3c(C)ccc(C)c3nc12. The molecule has 0 aliphatic rings. The zero-order valence-electron chi connectivity index (χ0n) is 11.6. The molecule has 0 atom stereocenters. The Morgan fingerprint density at radius 3 is 1.47 bits per heavy atom. The number of aromatic nitrogens is 1. The molecule has 19 heavy (non-hydrogen) atoms. The Morgan fingerprint density at radius 2 is 1.05 bits per heavy atom. The molecule has 0 amide bonds. The van der Waals surface area contributed by atoms with Crippen molar-refractivity contribution in [3.8, 4) is 0 Å². The van der Waals surface area contributed by atoms with E-state index < -0.39 is 0 Å². The fourth-order valence-corrected chi connectivity index (χ4v) is 3.15. The molecule has 0 fully saturated rings. The maximum atomic E-state index is 6.69. The summed E-state index contributed by atoms with van der Waals surface area (Å²) in [5.41, 5.74) is 6.75. The lowest BCUT2D eigenvalue weighted by atomic mass is 9.99. The topological polar surface area (TPSA) is 12.9 Å². The molecule has 0 N–H and O–H groups in total. The van der Waals surface area contributed by atoms with Crippen molar-refractivity contribution >= 4 is 33.4 Å². The maximum Gasteiger partial charge on any atom is 0.0756 e. The van der Waals surface area contributed by atoms with E-state index in [4.69, 9.17) is 16.6 Å². The third-order valence-electron chi connectivity index (χ3n) is 3.84. The van der Waals surface area contributed by atoms with E-state index in [-0.39, 0.29) is 0 Å². The van der Waals surface area contributed by atoms with Crippen molar-refractivity contribution in [2.24, 2.45) is 0 Å². The van der Waals surface area contributed by atoms with Gasteiger partial charge in [-0.1, -0.05) is 35.9 Å². The highest BCUT2D eigenvalue weighted by atomic mass is 35.5. The van der Waals surface area contributed by atoms with Crippen LogP contribution in [-0.2, 0) is 0 Å². The molecule has 1 nitrogen and oxygen atoms in total. The zero-order chi connectivity index (χ0) is 13.7. The van der Waals surface area contributed by atoms with E-state index in [1.165, 1.54) is 22.3 Å². The van der Waals surface area contributed by atoms with E-state index in [0.29, 0.717) is 0 Å². The number of benzene rings is 2. The minimum Gasteiger partial charge on any atom is -0.247 e. The Hall–Kier alpha value is -1.60. The van der Waals surface area contributed by atoms with E-state index in [9.17, 15) is 0 Å². The molecule has 0 radical (unpaired) electrons. The summed E-state index contributed by atoms with van der Waals surface area (Å²) >= 11 is 6.69. The van der Waals surface area contributed by atoms with E-state index in [2.05, 4.69) is 52.0 Å². The van der Waals surface area contributed by atoms with Crippen LogP contribution in [0, 0.1) is 27.7 Å². The van der Waals surface area contributed by atoms with Crippen LogP contribution in [0.4, 0.5) is 0 Å². The predicted octanol–water partition coefficient (Wildman–Crippen LogP) is 5.28. The van der Waals surface area contributed by atoms with Crippen LogP contribution < -0.4 is 0 Å². The molecule has 1 aromatic heterocycles. The van der Waals surface area contributed by atoms with Crippen LogP contribution in [0.2, 0.25) is 5.02 Å². The summed E-state index contributed by atoms with van der Waals surface area (Å²) in [5.74, 6) is 0. The summed E-state index contributed by atoms with van der Waals surface area (Å²) < 4.78 is 0. The first-order valence-corrected chi connectivity index (χ1v) is 6.84. The number of fused-ring (bicyclic) bond motifs is 2. The van der Waals surface area contributed by atoms with E-state index in [0.717, 1.165) is 26.8 Å². The van der Waals surface area contributed by atoms with Gasteiger partial charge in [-0.25, -0.2) is 4.98 Å². The van der Waals surface area contributed by atoms with Crippen molar-refractivity contribution in [1.82, 2.24) is 4.98 Å². The Labute approximate surface area is 118 Å². The van der Waals surface area contributed by atoms with Gasteiger partial charge in [0, 0.05) is 10.8 Å². The molecule has 0 spiro atoms. The molecule has 0 unspecified atom stereocenters. The molecule has 1 heterocycles. The van der Waals surface area contributed by atoms with Gasteiger partial charge in [-0.2, -0.15) is 0 Å². The Kier molecular flexibility index (Phi) is 2.75. The first-order valence-electron chi connectivity index (χ1n) is 6.46. The summed E-state index contributed by atoms with van der Waals surface area (Å²) in [6.45, 7) is 8.35. The van der Waals surface area contributed by atoms with Gasteiger partial charge < -0.3 is 0 Å². The molecule has 0 bridgehead atoms. The number of rotatable bonds is 0.